The predicted molar refractivity (Wildman–Crippen MR) is 115 cm³/mol. The summed E-state index contributed by atoms with van der Waals surface area (Å²) in [6.07, 6.45) is 0.944. The van der Waals surface area contributed by atoms with Crippen LogP contribution in [0.25, 0.3) is 0 Å². The highest BCUT2D eigenvalue weighted by Gasteiger charge is 2.40. The molecule has 1 aliphatic heterocycles. The third-order valence-electron chi connectivity index (χ3n) is 5.61. The maximum atomic E-state index is 15.6. The molecule has 0 saturated carbocycles. The number of amides is 2. The molecule has 1 aliphatic rings. The first-order valence-corrected chi connectivity index (χ1v) is 10.4. The number of aromatic nitrogens is 1. The summed E-state index contributed by atoms with van der Waals surface area (Å²) >= 11 is 6.27. The summed E-state index contributed by atoms with van der Waals surface area (Å²) in [7, 11) is 0. The minimum Gasteiger partial charge on any atom is -0.394 e. The number of likely N-dealkylation sites (tertiary alicyclic amines) is 1. The second-order valence-corrected chi connectivity index (χ2v) is 8.30. The van der Waals surface area contributed by atoms with E-state index in [1.54, 1.807) is 11.0 Å². The molecule has 1 aromatic carbocycles. The van der Waals surface area contributed by atoms with Gasteiger partial charge in [0.05, 0.1) is 23.4 Å². The number of hydrogen-bond acceptors (Lipinski definition) is 4. The van der Waals surface area contributed by atoms with Crippen LogP contribution in [0.15, 0.2) is 30.5 Å². The molecule has 3 N–H and O–H groups in total. The molecule has 1 aromatic heterocycles. The van der Waals surface area contributed by atoms with Gasteiger partial charge in [-0.3, -0.25) is 4.98 Å². The van der Waals surface area contributed by atoms with Gasteiger partial charge in [0.1, 0.15) is 0 Å². The molecule has 2 aromatic rings. The molecular weight excluding hydrogens is 409 g/mol. The highest BCUT2D eigenvalue weighted by Crippen LogP contribution is 2.39. The van der Waals surface area contributed by atoms with Gasteiger partial charge in [0.2, 0.25) is 0 Å². The van der Waals surface area contributed by atoms with E-state index in [-0.39, 0.29) is 55.7 Å². The van der Waals surface area contributed by atoms with Gasteiger partial charge in [-0.15, -0.1) is 0 Å². The van der Waals surface area contributed by atoms with Crippen LogP contribution >= 0.6 is 11.6 Å². The smallest absolute Gasteiger partial charge is 0.321 e. The van der Waals surface area contributed by atoms with Crippen LogP contribution in [0.1, 0.15) is 35.2 Å². The van der Waals surface area contributed by atoms with Crippen LogP contribution in [-0.2, 0) is 12.1 Å². The lowest BCUT2D eigenvalue weighted by molar-refractivity contribution is 0.0683. The monoisotopic (exact) mass is 435 g/mol. The van der Waals surface area contributed by atoms with Crippen molar-refractivity contribution >= 4 is 23.3 Å². The molecular formula is C22H27ClFN3O3. The largest absolute Gasteiger partial charge is 0.394 e. The topological polar surface area (TPSA) is 85.7 Å². The number of alkyl halides is 1. The maximum Gasteiger partial charge on any atom is 0.321 e. The molecule has 1 fully saturated rings. The second-order valence-electron chi connectivity index (χ2n) is 7.90. The Labute approximate surface area is 180 Å². The van der Waals surface area contributed by atoms with Crippen molar-refractivity contribution in [3.05, 3.63) is 57.9 Å². The number of nitrogens with one attached hydrogen (secondary N) is 1. The van der Waals surface area contributed by atoms with Gasteiger partial charge in [0.15, 0.2) is 5.67 Å². The van der Waals surface area contributed by atoms with Gasteiger partial charge in [-0.25, -0.2) is 9.18 Å². The Hall–Kier alpha value is -2.22. The van der Waals surface area contributed by atoms with E-state index in [4.69, 9.17) is 16.7 Å². The summed E-state index contributed by atoms with van der Waals surface area (Å²) in [5.41, 5.74) is 2.01. The second kappa shape index (κ2) is 9.29. The zero-order valence-electron chi connectivity index (χ0n) is 17.2. The Kier molecular flexibility index (Phi) is 6.95. The van der Waals surface area contributed by atoms with Gasteiger partial charge >= 0.3 is 6.03 Å². The number of aryl methyl sites for hydroxylation is 2. The lowest BCUT2D eigenvalue weighted by atomic mass is 9.89. The fourth-order valence-corrected chi connectivity index (χ4v) is 3.94. The number of pyridine rings is 1. The summed E-state index contributed by atoms with van der Waals surface area (Å²) in [6.45, 7) is 4.11. The van der Waals surface area contributed by atoms with Crippen molar-refractivity contribution in [2.24, 2.45) is 0 Å². The van der Waals surface area contributed by atoms with Crippen LogP contribution in [-0.4, -0.2) is 51.9 Å². The first kappa shape index (κ1) is 22.5. The van der Waals surface area contributed by atoms with E-state index >= 15 is 4.39 Å². The van der Waals surface area contributed by atoms with Crippen LogP contribution in [0, 0.1) is 13.8 Å². The van der Waals surface area contributed by atoms with E-state index < -0.39 is 11.8 Å². The van der Waals surface area contributed by atoms with E-state index in [0.29, 0.717) is 11.3 Å². The zero-order valence-corrected chi connectivity index (χ0v) is 17.9. The molecule has 8 heteroatoms. The molecule has 2 heterocycles. The number of rotatable bonds is 5. The third kappa shape index (κ3) is 5.09. The highest BCUT2D eigenvalue weighted by atomic mass is 35.5. The molecule has 0 bridgehead atoms. The van der Waals surface area contributed by atoms with Crippen LogP contribution < -0.4 is 5.32 Å². The van der Waals surface area contributed by atoms with Crippen LogP contribution in [0.5, 0.6) is 0 Å². The Morgan fingerprint density at radius 3 is 2.60 bits per heavy atom. The van der Waals surface area contributed by atoms with Gasteiger partial charge in [0, 0.05) is 44.2 Å². The maximum absolute atomic E-state index is 15.6. The van der Waals surface area contributed by atoms with E-state index in [1.165, 1.54) is 6.20 Å². The van der Waals surface area contributed by atoms with Gasteiger partial charge < -0.3 is 20.4 Å². The van der Waals surface area contributed by atoms with E-state index in [0.717, 1.165) is 11.1 Å². The molecule has 0 spiro atoms. The Bertz CT molecular complexity index is 916. The van der Waals surface area contributed by atoms with Crippen molar-refractivity contribution in [2.45, 2.75) is 44.9 Å². The number of aliphatic hydroxyl groups excluding tert-OH is 2. The molecule has 1 saturated heterocycles. The van der Waals surface area contributed by atoms with Crippen molar-refractivity contribution in [1.29, 1.82) is 0 Å². The van der Waals surface area contributed by atoms with Gasteiger partial charge in [-0.2, -0.15) is 0 Å². The fraction of sp³-hybridized carbons (Fsp3) is 0.455. The van der Waals surface area contributed by atoms with Crippen molar-refractivity contribution in [3.63, 3.8) is 0 Å². The standard InChI is InChI=1S/C22H27ClFN3O3/c1-14-3-4-17(9-15(14)2)26-21(30)27-7-5-22(24,6-8-27)20-19(23)11-16(12-25-20)10-18(29)13-28/h3-4,9,11-12,18,28-29H,5-8,10,13H2,1-2H3,(H,26,30)/t18-/m0/s1. The Morgan fingerprint density at radius 2 is 2.00 bits per heavy atom. The van der Waals surface area contributed by atoms with Gasteiger partial charge in [-0.1, -0.05) is 17.7 Å². The number of carbonyl (C=O) groups excluding carboxylic acids is 1. The van der Waals surface area contributed by atoms with Crippen molar-refractivity contribution in [3.8, 4) is 0 Å². The first-order valence-electron chi connectivity index (χ1n) is 9.98. The molecule has 2 amide bonds. The Morgan fingerprint density at radius 1 is 1.30 bits per heavy atom. The SMILES string of the molecule is Cc1ccc(NC(=O)N2CCC(F)(c3ncc(C[C@H](O)CO)cc3Cl)CC2)cc1C. The molecule has 3 rings (SSSR count). The van der Waals surface area contributed by atoms with Crippen molar-refractivity contribution in [1.82, 2.24) is 9.88 Å². The number of piperidine rings is 1. The third-order valence-corrected chi connectivity index (χ3v) is 5.89. The number of aliphatic hydroxyl groups is 2. The lowest BCUT2D eigenvalue weighted by Gasteiger charge is -2.36. The summed E-state index contributed by atoms with van der Waals surface area (Å²) < 4.78 is 15.6. The van der Waals surface area contributed by atoms with E-state index in [1.807, 2.05) is 32.0 Å². The highest BCUT2D eigenvalue weighted by molar-refractivity contribution is 6.31. The number of halogens is 2. The molecule has 1 atom stereocenters. The quantitative estimate of drug-likeness (QED) is 0.667. The normalized spacial score (nSPS) is 16.9. The number of benzene rings is 1. The predicted octanol–water partition coefficient (Wildman–Crippen LogP) is 3.74. The summed E-state index contributed by atoms with van der Waals surface area (Å²) in [4.78, 5) is 18.3. The molecule has 0 unspecified atom stereocenters. The molecule has 0 radical (unpaired) electrons. The van der Waals surface area contributed by atoms with E-state index in [9.17, 15) is 9.90 Å². The van der Waals surface area contributed by atoms with E-state index in [2.05, 4.69) is 10.3 Å². The zero-order chi connectivity index (χ0) is 21.9. The van der Waals surface area contributed by atoms with Gasteiger partial charge in [-0.05, 0) is 48.7 Å². The number of hydrogen-bond donors (Lipinski definition) is 3. The first-order chi connectivity index (χ1) is 14.2. The number of carbonyl (C=O) groups is 1. The van der Waals surface area contributed by atoms with Crippen molar-refractivity contribution in [2.75, 3.05) is 25.0 Å². The average Bonchev–Trinajstić information content (AvgIpc) is 2.71. The summed E-state index contributed by atoms with van der Waals surface area (Å²) in [6, 6.07) is 7.03. The number of urea groups is 1. The van der Waals surface area contributed by atoms with Crippen LogP contribution in [0.4, 0.5) is 14.9 Å². The molecule has 30 heavy (non-hydrogen) atoms. The van der Waals surface area contributed by atoms with Crippen LogP contribution in [0.3, 0.4) is 0 Å². The summed E-state index contributed by atoms with van der Waals surface area (Å²) in [5, 5.41) is 21.6. The van der Waals surface area contributed by atoms with Crippen molar-refractivity contribution < 1.29 is 19.4 Å². The summed E-state index contributed by atoms with van der Waals surface area (Å²) in [5.74, 6) is 0. The minimum atomic E-state index is -1.72. The fourth-order valence-electron chi connectivity index (χ4n) is 3.58. The Balaban J connectivity index is 1.63. The minimum absolute atomic E-state index is 0.0959. The van der Waals surface area contributed by atoms with Crippen LogP contribution in [0.2, 0.25) is 5.02 Å². The molecule has 6 nitrogen and oxygen atoms in total. The number of nitrogens with zero attached hydrogens (tertiary/aromatic N) is 2. The average molecular weight is 436 g/mol. The lowest BCUT2D eigenvalue weighted by Crippen LogP contribution is -2.45. The van der Waals surface area contributed by atoms with Gasteiger partial charge in [0.25, 0.3) is 0 Å². The molecule has 162 valence electrons. The molecule has 0 aliphatic carbocycles. The number of anilines is 1.